The quantitative estimate of drug-likeness (QED) is 0.292. The summed E-state index contributed by atoms with van der Waals surface area (Å²) in [6.07, 6.45) is 10.4. The minimum Gasteiger partial charge on any atom is -0.478 e. The lowest BCUT2D eigenvalue weighted by atomic mass is 9.97. The zero-order valence-corrected chi connectivity index (χ0v) is 17.0. The smallest absolute Gasteiger partial charge is 0.213 e. The van der Waals surface area contributed by atoms with Gasteiger partial charge in [-0.15, -0.1) is 24.0 Å². The molecule has 1 aliphatic rings. The topological polar surface area (TPSA) is 58.5 Å². The fourth-order valence-corrected chi connectivity index (χ4v) is 2.67. The largest absolute Gasteiger partial charge is 0.478 e. The Bertz CT molecular complexity index is 546. The van der Waals surface area contributed by atoms with Crippen LogP contribution in [0.15, 0.2) is 35.0 Å². The van der Waals surface area contributed by atoms with Gasteiger partial charge in [0, 0.05) is 32.4 Å². The Hall–Kier alpha value is -1.31. The molecule has 0 saturated heterocycles. The number of ether oxygens (including phenoxy) is 1. The van der Waals surface area contributed by atoms with E-state index in [1.54, 1.807) is 18.8 Å². The summed E-state index contributed by atoms with van der Waals surface area (Å²) in [5.41, 5.74) is 2.70. The number of rotatable bonds is 7. The van der Waals surface area contributed by atoms with Gasteiger partial charge in [0.1, 0.15) is 0 Å². The second-order valence-corrected chi connectivity index (χ2v) is 5.65. The molecule has 0 aromatic carbocycles. The van der Waals surface area contributed by atoms with Crippen molar-refractivity contribution >= 4 is 29.9 Å². The molecule has 0 radical (unpaired) electrons. The highest BCUT2D eigenvalue weighted by molar-refractivity contribution is 14.0. The Kier molecular flexibility index (Phi) is 10.5. The van der Waals surface area contributed by atoms with Gasteiger partial charge in [0.2, 0.25) is 5.88 Å². The highest BCUT2D eigenvalue weighted by Gasteiger charge is 2.04. The lowest BCUT2D eigenvalue weighted by molar-refractivity contribution is 0.326. The zero-order valence-electron chi connectivity index (χ0n) is 14.7. The lowest BCUT2D eigenvalue weighted by Crippen LogP contribution is -2.37. The first-order valence-electron chi connectivity index (χ1n) is 8.52. The molecule has 0 atom stereocenters. The summed E-state index contributed by atoms with van der Waals surface area (Å²) in [7, 11) is 1.80. The minimum atomic E-state index is 0. The molecular formula is C18H29IN4O. The number of guanidine groups is 1. The number of halogens is 1. The van der Waals surface area contributed by atoms with Crippen LogP contribution in [0, 0.1) is 0 Å². The molecule has 1 aliphatic carbocycles. The van der Waals surface area contributed by atoms with Gasteiger partial charge in [-0.2, -0.15) is 0 Å². The molecule has 0 bridgehead atoms. The molecule has 6 heteroatoms. The summed E-state index contributed by atoms with van der Waals surface area (Å²) in [5, 5.41) is 6.71. The molecular weight excluding hydrogens is 415 g/mol. The average Bonchev–Trinajstić information content (AvgIpc) is 2.59. The van der Waals surface area contributed by atoms with Crippen molar-refractivity contribution in [3.05, 3.63) is 35.5 Å². The maximum absolute atomic E-state index is 5.42. The number of nitrogens with one attached hydrogen (secondary N) is 2. The van der Waals surface area contributed by atoms with Gasteiger partial charge in [-0.3, -0.25) is 4.99 Å². The highest BCUT2D eigenvalue weighted by atomic mass is 127. The van der Waals surface area contributed by atoms with Crippen LogP contribution in [-0.4, -0.2) is 31.1 Å². The van der Waals surface area contributed by atoms with E-state index in [0.29, 0.717) is 19.0 Å². The second kappa shape index (κ2) is 12.1. The van der Waals surface area contributed by atoms with E-state index >= 15 is 0 Å². The second-order valence-electron chi connectivity index (χ2n) is 5.65. The molecule has 2 rings (SSSR count). The van der Waals surface area contributed by atoms with Crippen LogP contribution in [-0.2, 0) is 6.54 Å². The van der Waals surface area contributed by atoms with Gasteiger partial charge in [0.25, 0.3) is 0 Å². The van der Waals surface area contributed by atoms with E-state index in [-0.39, 0.29) is 24.0 Å². The van der Waals surface area contributed by atoms with Crippen LogP contribution < -0.4 is 15.4 Å². The molecule has 0 unspecified atom stereocenters. The van der Waals surface area contributed by atoms with Crippen molar-refractivity contribution in [3.63, 3.8) is 0 Å². The van der Waals surface area contributed by atoms with Crippen LogP contribution in [0.4, 0.5) is 0 Å². The van der Waals surface area contributed by atoms with Crippen molar-refractivity contribution in [2.45, 2.75) is 45.6 Å². The fourth-order valence-electron chi connectivity index (χ4n) is 2.67. The van der Waals surface area contributed by atoms with E-state index in [0.717, 1.165) is 24.5 Å². The molecule has 0 spiro atoms. The first-order chi connectivity index (χ1) is 11.3. The van der Waals surface area contributed by atoms with Gasteiger partial charge < -0.3 is 15.4 Å². The number of nitrogens with zero attached hydrogens (tertiary/aromatic N) is 2. The Morgan fingerprint density at radius 3 is 2.92 bits per heavy atom. The third-order valence-corrected chi connectivity index (χ3v) is 3.90. The standard InChI is InChI=1S/C18H28N4O.HI/c1-3-23-17-13-16(10-11-20-17)14-22-18(19-2)21-12-9-15-7-5-4-6-8-15;/h7,10-11,13H,3-6,8-9,12,14H2,1-2H3,(H2,19,21,22);1H. The summed E-state index contributed by atoms with van der Waals surface area (Å²) in [6.45, 7) is 4.21. The summed E-state index contributed by atoms with van der Waals surface area (Å²) < 4.78 is 5.42. The Labute approximate surface area is 162 Å². The van der Waals surface area contributed by atoms with Gasteiger partial charge in [0.15, 0.2) is 5.96 Å². The van der Waals surface area contributed by atoms with Gasteiger partial charge in [-0.05, 0) is 50.7 Å². The van der Waals surface area contributed by atoms with E-state index in [1.165, 1.54) is 25.7 Å². The lowest BCUT2D eigenvalue weighted by Gasteiger charge is -2.15. The minimum absolute atomic E-state index is 0. The SMILES string of the molecule is CCOc1cc(CNC(=NC)NCCC2=CCCCC2)ccn1.I. The Balaban J connectivity index is 0.00000288. The van der Waals surface area contributed by atoms with Crippen molar-refractivity contribution in [2.75, 3.05) is 20.2 Å². The van der Waals surface area contributed by atoms with E-state index in [2.05, 4.69) is 26.7 Å². The summed E-state index contributed by atoms with van der Waals surface area (Å²) in [5.74, 6) is 1.50. The third kappa shape index (κ3) is 7.51. The van der Waals surface area contributed by atoms with E-state index in [1.807, 2.05) is 19.1 Å². The molecule has 1 aromatic rings. The molecule has 134 valence electrons. The van der Waals surface area contributed by atoms with Crippen molar-refractivity contribution < 1.29 is 4.74 Å². The van der Waals surface area contributed by atoms with Crippen LogP contribution >= 0.6 is 24.0 Å². The molecule has 0 aliphatic heterocycles. The monoisotopic (exact) mass is 444 g/mol. The first kappa shape index (κ1) is 20.7. The molecule has 2 N–H and O–H groups in total. The number of allylic oxidation sites excluding steroid dienone is 1. The van der Waals surface area contributed by atoms with Crippen LogP contribution in [0.1, 0.15) is 44.6 Å². The number of hydrogen-bond acceptors (Lipinski definition) is 3. The number of pyridine rings is 1. The maximum atomic E-state index is 5.42. The molecule has 5 nitrogen and oxygen atoms in total. The Morgan fingerprint density at radius 1 is 1.33 bits per heavy atom. The van der Waals surface area contributed by atoms with Gasteiger partial charge in [-0.1, -0.05) is 11.6 Å². The van der Waals surface area contributed by atoms with Gasteiger partial charge >= 0.3 is 0 Å². The zero-order chi connectivity index (χ0) is 16.3. The Morgan fingerprint density at radius 2 is 2.21 bits per heavy atom. The van der Waals surface area contributed by atoms with Crippen LogP contribution in [0.25, 0.3) is 0 Å². The molecule has 1 aromatic heterocycles. The average molecular weight is 444 g/mol. The van der Waals surface area contributed by atoms with Crippen LogP contribution in [0.3, 0.4) is 0 Å². The summed E-state index contributed by atoms with van der Waals surface area (Å²) >= 11 is 0. The third-order valence-electron chi connectivity index (χ3n) is 3.90. The van der Waals surface area contributed by atoms with Crippen LogP contribution in [0.2, 0.25) is 0 Å². The molecule has 0 saturated carbocycles. The molecule has 0 fully saturated rings. The summed E-state index contributed by atoms with van der Waals surface area (Å²) in [6, 6.07) is 3.94. The molecule has 24 heavy (non-hydrogen) atoms. The van der Waals surface area contributed by atoms with Crippen molar-refractivity contribution in [1.82, 2.24) is 15.6 Å². The predicted octanol–water partition coefficient (Wildman–Crippen LogP) is 3.65. The number of aliphatic imine (C=N–C) groups is 1. The highest BCUT2D eigenvalue weighted by Crippen LogP contribution is 2.19. The van der Waals surface area contributed by atoms with E-state index in [9.17, 15) is 0 Å². The van der Waals surface area contributed by atoms with Crippen molar-refractivity contribution in [2.24, 2.45) is 4.99 Å². The molecule has 0 amide bonds. The van der Waals surface area contributed by atoms with Crippen LogP contribution in [0.5, 0.6) is 5.88 Å². The first-order valence-corrected chi connectivity index (χ1v) is 8.52. The van der Waals surface area contributed by atoms with Gasteiger partial charge in [-0.25, -0.2) is 4.98 Å². The fraction of sp³-hybridized carbons (Fsp3) is 0.556. The van der Waals surface area contributed by atoms with E-state index < -0.39 is 0 Å². The molecule has 1 heterocycles. The predicted molar refractivity (Wildman–Crippen MR) is 110 cm³/mol. The van der Waals surface area contributed by atoms with E-state index in [4.69, 9.17) is 4.74 Å². The normalized spacial score (nSPS) is 14.4. The van der Waals surface area contributed by atoms with Crippen molar-refractivity contribution in [3.8, 4) is 5.88 Å². The maximum Gasteiger partial charge on any atom is 0.213 e. The van der Waals surface area contributed by atoms with Gasteiger partial charge in [0.05, 0.1) is 6.61 Å². The number of hydrogen-bond donors (Lipinski definition) is 2. The van der Waals surface area contributed by atoms with Crippen molar-refractivity contribution in [1.29, 1.82) is 0 Å². The summed E-state index contributed by atoms with van der Waals surface area (Å²) in [4.78, 5) is 8.45. The number of aromatic nitrogens is 1.